The van der Waals surface area contributed by atoms with E-state index >= 15 is 0 Å². The summed E-state index contributed by atoms with van der Waals surface area (Å²) >= 11 is 6.45. The van der Waals surface area contributed by atoms with Crippen LogP contribution in [-0.4, -0.2) is 38.0 Å². The van der Waals surface area contributed by atoms with E-state index in [0.29, 0.717) is 23.0 Å². The highest BCUT2D eigenvalue weighted by atomic mass is 32.5. The van der Waals surface area contributed by atoms with E-state index in [0.717, 1.165) is 49.6 Å². The molecule has 0 bridgehead atoms. The summed E-state index contributed by atoms with van der Waals surface area (Å²) in [6.07, 6.45) is 3.91. The van der Waals surface area contributed by atoms with Crippen LogP contribution in [0.1, 0.15) is 38.8 Å². The maximum atomic E-state index is 7.00. The first-order valence-electron chi connectivity index (χ1n) is 20.2. The van der Waals surface area contributed by atoms with Crippen molar-refractivity contribution in [2.75, 3.05) is 23.9 Å². The van der Waals surface area contributed by atoms with Gasteiger partial charge in [0.25, 0.3) is 0 Å². The van der Waals surface area contributed by atoms with Crippen LogP contribution in [0.25, 0.3) is 21.5 Å². The molecule has 11 rings (SSSR count). The summed E-state index contributed by atoms with van der Waals surface area (Å²) in [6.45, 7) is 5.64. The molecule has 2 spiro atoms. The number of nitrogens with zero attached hydrogens (tertiary/aromatic N) is 4. The zero-order valence-corrected chi connectivity index (χ0v) is 35.9. The second-order valence-corrected chi connectivity index (χ2v) is 20.4. The van der Waals surface area contributed by atoms with Gasteiger partial charge in [-0.2, -0.15) is 0 Å². The number of fused-ring (bicyclic) bond motifs is 8. The summed E-state index contributed by atoms with van der Waals surface area (Å²) in [7, 11) is 4.15. The molecule has 0 aliphatic carbocycles. The second kappa shape index (κ2) is 12.7. The number of rotatable bonds is 5. The number of para-hydroxylation sites is 2. The number of hydrogen-bond donors (Lipinski definition) is 0. The molecule has 4 heterocycles. The highest BCUT2D eigenvalue weighted by Crippen LogP contribution is 2.57. The quantitative estimate of drug-likeness (QED) is 0.160. The molecule has 0 aromatic heterocycles. The van der Waals surface area contributed by atoms with Gasteiger partial charge in [-0.05, 0) is 122 Å². The normalized spacial score (nSPS) is 22.2. The van der Waals surface area contributed by atoms with Crippen molar-refractivity contribution in [3.05, 3.63) is 151 Å². The Kier molecular flexibility index (Phi) is 7.80. The van der Waals surface area contributed by atoms with Gasteiger partial charge in [-0.1, -0.05) is 78.9 Å². The summed E-state index contributed by atoms with van der Waals surface area (Å²) in [5.74, 6) is 2.57. The Morgan fingerprint density at radius 1 is 0.533 bits per heavy atom. The van der Waals surface area contributed by atoms with Crippen molar-refractivity contribution in [2.24, 2.45) is 9.98 Å². The molecule has 7 aromatic carbocycles. The van der Waals surface area contributed by atoms with Gasteiger partial charge in [0.1, 0.15) is 34.4 Å². The van der Waals surface area contributed by atoms with Gasteiger partial charge in [0.15, 0.2) is 0 Å². The number of ether oxygens (including phenoxy) is 2. The average Bonchev–Trinajstić information content (AvgIpc) is 3.53. The molecule has 60 heavy (non-hydrogen) atoms. The molecule has 0 saturated carbocycles. The third kappa shape index (κ3) is 4.99. The minimum absolute atomic E-state index is 0.362. The van der Waals surface area contributed by atoms with Crippen molar-refractivity contribution in [3.8, 4) is 23.0 Å². The van der Waals surface area contributed by atoms with E-state index in [-0.39, 0.29) is 10.8 Å². The van der Waals surface area contributed by atoms with Gasteiger partial charge in [0, 0.05) is 36.2 Å². The van der Waals surface area contributed by atoms with Crippen LogP contribution < -0.4 is 33.6 Å². The van der Waals surface area contributed by atoms with Crippen molar-refractivity contribution >= 4 is 80.3 Å². The van der Waals surface area contributed by atoms with Crippen LogP contribution in [0.5, 0.6) is 23.0 Å². The highest BCUT2D eigenvalue weighted by Gasteiger charge is 2.59. The largest absolute Gasteiger partial charge is 0.459 e. The maximum absolute atomic E-state index is 7.00. The van der Waals surface area contributed by atoms with Crippen LogP contribution in [0.15, 0.2) is 150 Å². The lowest BCUT2D eigenvalue weighted by Crippen LogP contribution is -2.61. The molecule has 0 N–H and O–H groups in total. The fraction of sp³-hybridized carbons (Fsp3) is 0.200. The van der Waals surface area contributed by atoms with Crippen LogP contribution >= 0.6 is 6.49 Å². The van der Waals surface area contributed by atoms with Gasteiger partial charge in [-0.25, -0.2) is 0 Å². The Bertz CT molecular complexity index is 2880. The van der Waals surface area contributed by atoms with Crippen molar-refractivity contribution in [2.45, 2.75) is 50.0 Å². The van der Waals surface area contributed by atoms with E-state index < -0.39 is 17.9 Å². The summed E-state index contributed by atoms with van der Waals surface area (Å²) in [5.41, 5.74) is 3.90. The molecular weight excluding hydrogens is 784 g/mol. The van der Waals surface area contributed by atoms with E-state index in [1.165, 1.54) is 11.1 Å². The number of benzene rings is 7. The zero-order valence-electron chi connectivity index (χ0n) is 34.2. The van der Waals surface area contributed by atoms with Gasteiger partial charge in [-0.15, -0.1) is 0 Å². The lowest BCUT2D eigenvalue weighted by molar-refractivity contribution is 0.0826. The standard InChI is InChI=1S/C50H43N4O4PS/c1-47(2)39-16-10-12-18-41(39)53(5)49(47)30-51-45-37-28-34(24-20-32(37)22-26-43(45)55-49)57-59(60,36-14-8-7-9-15-36)58-35-25-21-33-23-27-44-46(38(33)29-35)52-31-50(56-44)48(3,4)40-17-11-13-19-42(40)54(50)6/h7-31H,1-6H3. The monoisotopic (exact) mass is 826 g/mol. The summed E-state index contributed by atoms with van der Waals surface area (Å²) in [5, 5.41) is 4.60. The Labute approximate surface area is 354 Å². The van der Waals surface area contributed by atoms with Crippen LogP contribution in [0, 0.1) is 0 Å². The van der Waals surface area contributed by atoms with Gasteiger partial charge in [0.05, 0.1) is 28.6 Å². The van der Waals surface area contributed by atoms with Gasteiger partial charge in [-0.3, -0.25) is 9.98 Å². The lowest BCUT2D eigenvalue weighted by Gasteiger charge is -2.45. The van der Waals surface area contributed by atoms with Crippen LogP contribution in [0.2, 0.25) is 0 Å². The van der Waals surface area contributed by atoms with E-state index in [1.807, 2.05) is 91.3 Å². The van der Waals surface area contributed by atoms with Gasteiger partial charge in [0.2, 0.25) is 11.4 Å². The lowest BCUT2D eigenvalue weighted by atomic mass is 9.77. The first-order chi connectivity index (χ1) is 28.9. The Morgan fingerprint density at radius 2 is 0.950 bits per heavy atom. The topological polar surface area (TPSA) is 68.1 Å². The van der Waals surface area contributed by atoms with Crippen molar-refractivity contribution in [1.29, 1.82) is 0 Å². The molecule has 4 aliphatic rings. The van der Waals surface area contributed by atoms with Crippen molar-refractivity contribution < 1.29 is 18.5 Å². The zero-order chi connectivity index (χ0) is 41.2. The third-order valence-corrected chi connectivity index (χ3v) is 16.2. The summed E-state index contributed by atoms with van der Waals surface area (Å²) in [4.78, 5) is 14.7. The van der Waals surface area contributed by atoms with Crippen LogP contribution in [0.3, 0.4) is 0 Å². The smallest absolute Gasteiger partial charge is 0.319 e. The van der Waals surface area contributed by atoms with Crippen LogP contribution in [0.4, 0.5) is 22.7 Å². The molecule has 2 unspecified atom stereocenters. The molecule has 4 aliphatic heterocycles. The number of likely N-dealkylation sites (N-methyl/N-ethyl adjacent to an activating group) is 2. The van der Waals surface area contributed by atoms with Crippen LogP contribution in [-0.2, 0) is 22.6 Å². The van der Waals surface area contributed by atoms with E-state index in [4.69, 9.17) is 40.3 Å². The molecule has 8 nitrogen and oxygen atoms in total. The summed E-state index contributed by atoms with van der Waals surface area (Å²) < 4.78 is 27.7. The Balaban J connectivity index is 0.939. The molecule has 7 aromatic rings. The molecule has 10 heteroatoms. The van der Waals surface area contributed by atoms with E-state index in [1.54, 1.807) is 0 Å². The summed E-state index contributed by atoms with van der Waals surface area (Å²) in [6, 6.07) is 46.9. The molecule has 2 atom stereocenters. The first-order valence-corrected chi connectivity index (χ1v) is 22.8. The SMILES string of the molecule is CN1c2ccccc2C(C)(C)C12C=Nc1c(ccc3ccc(OP(=S)(Oc4ccc5ccc6c(c5c4)N=CC4(O6)N(C)c5ccccc5C4(C)C)c4ccccc4)cc13)O2. The maximum Gasteiger partial charge on any atom is 0.319 e. The molecular formula is C50H43N4O4PS. The molecule has 0 amide bonds. The molecule has 0 fully saturated rings. The fourth-order valence-corrected chi connectivity index (χ4v) is 12.3. The van der Waals surface area contributed by atoms with Crippen molar-refractivity contribution in [1.82, 2.24) is 0 Å². The van der Waals surface area contributed by atoms with E-state index in [2.05, 4.69) is 112 Å². The minimum Gasteiger partial charge on any atom is -0.459 e. The Morgan fingerprint density at radius 3 is 1.40 bits per heavy atom. The average molecular weight is 827 g/mol. The second-order valence-electron chi connectivity index (χ2n) is 17.1. The van der Waals surface area contributed by atoms with Gasteiger partial charge < -0.3 is 28.3 Å². The molecule has 0 radical (unpaired) electrons. The third-order valence-electron chi connectivity index (χ3n) is 13.3. The predicted molar refractivity (Wildman–Crippen MR) is 248 cm³/mol. The molecule has 0 saturated heterocycles. The first kappa shape index (κ1) is 36.9. The number of hydrogen-bond acceptors (Lipinski definition) is 9. The molecule has 298 valence electrons. The number of aliphatic imine (C=N–C) groups is 2. The Hall–Kier alpha value is -6.15. The number of anilines is 2. The van der Waals surface area contributed by atoms with Crippen molar-refractivity contribution in [3.63, 3.8) is 0 Å². The fourth-order valence-electron chi connectivity index (χ4n) is 9.83. The minimum atomic E-state index is -3.21. The highest BCUT2D eigenvalue weighted by molar-refractivity contribution is 8.13. The predicted octanol–water partition coefficient (Wildman–Crippen LogP) is 11.5. The van der Waals surface area contributed by atoms with Gasteiger partial charge >= 0.3 is 6.49 Å². The van der Waals surface area contributed by atoms with E-state index in [9.17, 15) is 0 Å².